The molecule has 0 aromatic heterocycles. The number of nitrogens with zero attached hydrogens (tertiary/aromatic N) is 2. The zero-order valence-electron chi connectivity index (χ0n) is 21.1. The van der Waals surface area contributed by atoms with Gasteiger partial charge in [0.05, 0.1) is 23.4 Å². The molecule has 0 spiro atoms. The van der Waals surface area contributed by atoms with Gasteiger partial charge in [0.15, 0.2) is 6.61 Å². The quantitative estimate of drug-likeness (QED) is 0.376. The van der Waals surface area contributed by atoms with Crippen LogP contribution in [0.2, 0.25) is 5.02 Å². The molecule has 35 heavy (non-hydrogen) atoms. The van der Waals surface area contributed by atoms with Crippen molar-refractivity contribution in [3.63, 3.8) is 0 Å². The summed E-state index contributed by atoms with van der Waals surface area (Å²) in [5.41, 5.74) is 3.51. The van der Waals surface area contributed by atoms with E-state index in [4.69, 9.17) is 21.2 Å². The van der Waals surface area contributed by atoms with Gasteiger partial charge >= 0.3 is 0 Å². The lowest BCUT2D eigenvalue weighted by atomic mass is 9.99. The standard InChI is InChI=1S/C28H39ClN2O4/c1-3-10-24-12-7-4-6-11-21(2)17-23(30-35-20-27(33)31-15-8-5-9-16-31)18-25-22(19-34-24)13-14-26(32)28(25)29/h4,7,13-14,17,24,32H,3,5-6,8-12,15-16,18-20H2,1-2H3/b7-4+,21-17+,30-23+. The van der Waals surface area contributed by atoms with Crippen LogP contribution in [0.1, 0.15) is 76.3 Å². The first kappa shape index (κ1) is 27.3. The number of oxime groups is 1. The van der Waals surface area contributed by atoms with Crippen molar-refractivity contribution in [2.45, 2.75) is 84.3 Å². The molecule has 0 radical (unpaired) electrons. The molecule has 0 saturated carbocycles. The maximum absolute atomic E-state index is 12.5. The third kappa shape index (κ3) is 8.69. The Balaban J connectivity index is 1.84. The number of allylic oxidation sites excluding steroid dienone is 3. The number of phenolic OH excluding ortho intramolecular Hbond substituents is 1. The fraction of sp³-hybridized carbons (Fsp3) is 0.571. The van der Waals surface area contributed by atoms with Gasteiger partial charge in [-0.1, -0.05) is 53.9 Å². The molecule has 192 valence electrons. The van der Waals surface area contributed by atoms with E-state index in [1.807, 2.05) is 17.0 Å². The van der Waals surface area contributed by atoms with E-state index in [2.05, 4.69) is 31.2 Å². The molecule has 7 heteroatoms. The number of halogens is 1. The highest BCUT2D eigenvalue weighted by molar-refractivity contribution is 6.33. The number of aromatic hydroxyl groups is 1. The summed E-state index contributed by atoms with van der Waals surface area (Å²) in [4.78, 5) is 19.9. The van der Waals surface area contributed by atoms with Crippen LogP contribution in [-0.4, -0.2) is 47.4 Å². The van der Waals surface area contributed by atoms with Crippen molar-refractivity contribution in [2.75, 3.05) is 19.7 Å². The van der Waals surface area contributed by atoms with E-state index >= 15 is 0 Å². The predicted octanol–water partition coefficient (Wildman–Crippen LogP) is 6.34. The van der Waals surface area contributed by atoms with Crippen LogP contribution >= 0.6 is 11.6 Å². The van der Waals surface area contributed by atoms with Gasteiger partial charge in [-0.2, -0.15) is 0 Å². The zero-order valence-corrected chi connectivity index (χ0v) is 21.9. The van der Waals surface area contributed by atoms with Crippen LogP contribution in [0.15, 0.2) is 41.1 Å². The molecule has 1 aromatic rings. The molecule has 0 aliphatic carbocycles. The van der Waals surface area contributed by atoms with Crippen LogP contribution in [0.25, 0.3) is 0 Å². The van der Waals surface area contributed by atoms with Crippen molar-refractivity contribution in [3.05, 3.63) is 52.1 Å². The lowest BCUT2D eigenvalue weighted by molar-refractivity contribution is -0.137. The Bertz CT molecular complexity index is 935. The van der Waals surface area contributed by atoms with Crippen molar-refractivity contribution in [1.29, 1.82) is 0 Å². The number of carbonyl (C=O) groups is 1. The molecular formula is C28H39ClN2O4. The zero-order chi connectivity index (χ0) is 25.0. The summed E-state index contributed by atoms with van der Waals surface area (Å²) in [5.74, 6) is -0.00644. The summed E-state index contributed by atoms with van der Waals surface area (Å²) in [6, 6.07) is 3.46. The number of phenols is 1. The van der Waals surface area contributed by atoms with Crippen molar-refractivity contribution in [3.8, 4) is 5.75 Å². The molecule has 1 fully saturated rings. The van der Waals surface area contributed by atoms with Crippen molar-refractivity contribution < 1.29 is 19.5 Å². The molecule has 1 aromatic carbocycles. The van der Waals surface area contributed by atoms with Crippen LogP contribution in [0.5, 0.6) is 5.75 Å². The summed E-state index contributed by atoms with van der Waals surface area (Å²) < 4.78 is 6.26. The summed E-state index contributed by atoms with van der Waals surface area (Å²) >= 11 is 6.55. The van der Waals surface area contributed by atoms with E-state index in [-0.39, 0.29) is 24.4 Å². The van der Waals surface area contributed by atoms with E-state index in [9.17, 15) is 9.90 Å². The van der Waals surface area contributed by atoms with Gasteiger partial charge in [-0.05, 0) is 75.1 Å². The molecule has 1 atom stereocenters. The fourth-order valence-corrected chi connectivity index (χ4v) is 4.75. The maximum atomic E-state index is 12.5. The minimum Gasteiger partial charge on any atom is -0.506 e. The first-order valence-electron chi connectivity index (χ1n) is 12.9. The molecular weight excluding hydrogens is 464 g/mol. The Morgan fingerprint density at radius 2 is 2.06 bits per heavy atom. The SMILES string of the molecule is CCCC1C/C=C/CC/C(C)=C/C(=N\OCC(=O)N2CCCCC2)Cc2c(ccc(O)c2Cl)CO1. The number of carbonyl (C=O) groups excluding carboxylic acids is 1. The highest BCUT2D eigenvalue weighted by atomic mass is 35.5. The Hall–Kier alpha value is -2.31. The van der Waals surface area contributed by atoms with E-state index in [0.29, 0.717) is 23.8 Å². The Kier molecular flexibility index (Phi) is 11.1. The molecule has 1 saturated heterocycles. The number of likely N-dealkylation sites (tertiary alicyclic amines) is 1. The van der Waals surface area contributed by atoms with Crippen LogP contribution in [0.4, 0.5) is 0 Å². The van der Waals surface area contributed by atoms with Gasteiger partial charge in [-0.25, -0.2) is 0 Å². The van der Waals surface area contributed by atoms with Crippen LogP contribution in [-0.2, 0) is 27.4 Å². The second-order valence-electron chi connectivity index (χ2n) is 9.47. The predicted molar refractivity (Wildman–Crippen MR) is 141 cm³/mol. The van der Waals surface area contributed by atoms with Crippen molar-refractivity contribution >= 4 is 23.2 Å². The Morgan fingerprint density at radius 3 is 2.83 bits per heavy atom. The number of rotatable bonds is 5. The van der Waals surface area contributed by atoms with Crippen molar-refractivity contribution in [1.82, 2.24) is 4.90 Å². The number of piperidine rings is 1. The van der Waals surface area contributed by atoms with Gasteiger partial charge in [-0.15, -0.1) is 0 Å². The average molecular weight is 503 g/mol. The molecule has 1 N–H and O–H groups in total. The highest BCUT2D eigenvalue weighted by Crippen LogP contribution is 2.32. The number of fused-ring (bicyclic) bond motifs is 1. The topological polar surface area (TPSA) is 71.4 Å². The number of hydrogen-bond donors (Lipinski definition) is 1. The monoisotopic (exact) mass is 502 g/mol. The molecule has 2 aliphatic rings. The maximum Gasteiger partial charge on any atom is 0.263 e. The number of benzene rings is 1. The molecule has 2 aliphatic heterocycles. The molecule has 3 rings (SSSR count). The third-order valence-corrected chi connectivity index (χ3v) is 6.95. The molecule has 2 heterocycles. The largest absolute Gasteiger partial charge is 0.506 e. The van der Waals surface area contributed by atoms with Gasteiger partial charge in [0.1, 0.15) is 5.75 Å². The molecule has 1 unspecified atom stereocenters. The summed E-state index contributed by atoms with van der Waals surface area (Å²) in [5, 5.41) is 14.9. The molecule has 0 bridgehead atoms. The normalized spacial score (nSPS) is 23.6. The van der Waals surface area contributed by atoms with E-state index in [1.165, 1.54) is 6.42 Å². The van der Waals surface area contributed by atoms with Crippen LogP contribution in [0.3, 0.4) is 0 Å². The van der Waals surface area contributed by atoms with Gasteiger partial charge in [0.2, 0.25) is 0 Å². The first-order valence-corrected chi connectivity index (χ1v) is 13.2. The summed E-state index contributed by atoms with van der Waals surface area (Å²) in [7, 11) is 0. The summed E-state index contributed by atoms with van der Waals surface area (Å²) in [6.07, 6.45) is 14.9. The number of hydrogen-bond acceptors (Lipinski definition) is 5. The molecule has 6 nitrogen and oxygen atoms in total. The lowest BCUT2D eigenvalue weighted by Gasteiger charge is -2.26. The smallest absolute Gasteiger partial charge is 0.263 e. The van der Waals surface area contributed by atoms with E-state index in [0.717, 1.165) is 74.7 Å². The highest BCUT2D eigenvalue weighted by Gasteiger charge is 2.18. The molecule has 1 amide bonds. The van der Waals surface area contributed by atoms with Crippen LogP contribution < -0.4 is 0 Å². The number of amides is 1. The second kappa shape index (κ2) is 14.3. The fourth-order valence-electron chi connectivity index (χ4n) is 4.50. The third-order valence-electron chi connectivity index (χ3n) is 6.53. The van der Waals surface area contributed by atoms with Crippen molar-refractivity contribution in [2.24, 2.45) is 5.16 Å². The lowest BCUT2D eigenvalue weighted by Crippen LogP contribution is -2.37. The minimum atomic E-state index is -0.0818. The first-order chi connectivity index (χ1) is 17.0. The van der Waals surface area contributed by atoms with Gasteiger partial charge < -0.3 is 19.6 Å². The van der Waals surface area contributed by atoms with Gasteiger partial charge in [0, 0.05) is 19.5 Å². The number of ether oxygens (including phenoxy) is 1. The van der Waals surface area contributed by atoms with E-state index in [1.54, 1.807) is 6.07 Å². The Labute approximate surface area is 214 Å². The van der Waals surface area contributed by atoms with Gasteiger partial charge in [-0.3, -0.25) is 4.79 Å². The summed E-state index contributed by atoms with van der Waals surface area (Å²) in [6.45, 7) is 6.12. The second-order valence-corrected chi connectivity index (χ2v) is 9.85. The van der Waals surface area contributed by atoms with E-state index < -0.39 is 0 Å². The average Bonchev–Trinajstić information content (AvgIpc) is 2.85. The minimum absolute atomic E-state index is 0.0285. The van der Waals surface area contributed by atoms with Crippen LogP contribution in [0, 0.1) is 0 Å². The van der Waals surface area contributed by atoms with Gasteiger partial charge in [0.25, 0.3) is 5.91 Å². The Morgan fingerprint density at radius 1 is 1.26 bits per heavy atom.